The molecule has 0 saturated heterocycles. The first-order chi connectivity index (χ1) is 5.62. The zero-order valence-corrected chi connectivity index (χ0v) is 7.26. The van der Waals surface area contributed by atoms with E-state index in [2.05, 4.69) is 4.72 Å². The average molecular weight is 187 g/mol. The van der Waals surface area contributed by atoms with Crippen LogP contribution in [0.2, 0.25) is 0 Å². The SMILES string of the molecule is N#CCCCNS(=O)(=O)CC#N. The summed E-state index contributed by atoms with van der Waals surface area (Å²) >= 11 is 0. The van der Waals surface area contributed by atoms with Gasteiger partial charge in [-0.2, -0.15) is 10.5 Å². The number of rotatable bonds is 5. The zero-order valence-electron chi connectivity index (χ0n) is 6.45. The van der Waals surface area contributed by atoms with Crippen molar-refractivity contribution >= 4 is 10.0 Å². The van der Waals surface area contributed by atoms with Crippen molar-refractivity contribution in [2.45, 2.75) is 12.8 Å². The minimum absolute atomic E-state index is 0.220. The Labute approximate surface area is 71.7 Å². The van der Waals surface area contributed by atoms with E-state index >= 15 is 0 Å². The summed E-state index contributed by atoms with van der Waals surface area (Å²) in [6.45, 7) is 0.220. The van der Waals surface area contributed by atoms with Gasteiger partial charge in [0.15, 0.2) is 5.75 Å². The van der Waals surface area contributed by atoms with E-state index in [1.165, 1.54) is 6.07 Å². The van der Waals surface area contributed by atoms with E-state index in [0.717, 1.165) is 0 Å². The molecule has 0 radical (unpaired) electrons. The van der Waals surface area contributed by atoms with Crippen LogP contribution in [0.3, 0.4) is 0 Å². The topological polar surface area (TPSA) is 93.8 Å². The molecule has 0 aliphatic heterocycles. The smallest absolute Gasteiger partial charge is 0.214 e. The molecule has 0 aromatic rings. The fraction of sp³-hybridized carbons (Fsp3) is 0.667. The molecular weight excluding hydrogens is 178 g/mol. The van der Waals surface area contributed by atoms with E-state index in [-0.39, 0.29) is 6.54 Å². The first kappa shape index (κ1) is 10.9. The third kappa shape index (κ3) is 5.66. The Morgan fingerprint density at radius 2 is 1.92 bits per heavy atom. The largest absolute Gasteiger partial charge is 0.225 e. The van der Waals surface area contributed by atoms with Crippen LogP contribution in [0.4, 0.5) is 0 Å². The molecular formula is C6H9N3O2S. The van der Waals surface area contributed by atoms with Gasteiger partial charge in [-0.3, -0.25) is 0 Å². The quantitative estimate of drug-likeness (QED) is 0.599. The highest BCUT2D eigenvalue weighted by Gasteiger charge is 2.06. The van der Waals surface area contributed by atoms with Crippen LogP contribution in [-0.2, 0) is 10.0 Å². The molecule has 0 amide bonds. The third-order valence-corrected chi connectivity index (χ3v) is 2.19. The van der Waals surface area contributed by atoms with Crippen molar-refractivity contribution in [3.05, 3.63) is 0 Å². The maximum atomic E-state index is 10.8. The molecule has 66 valence electrons. The van der Waals surface area contributed by atoms with Gasteiger partial charge in [0.2, 0.25) is 10.0 Å². The molecule has 0 saturated carbocycles. The van der Waals surface area contributed by atoms with Crippen LogP contribution in [0.5, 0.6) is 0 Å². The van der Waals surface area contributed by atoms with Crippen LogP contribution in [0.1, 0.15) is 12.8 Å². The maximum absolute atomic E-state index is 10.8. The van der Waals surface area contributed by atoms with Gasteiger partial charge >= 0.3 is 0 Å². The summed E-state index contributed by atoms with van der Waals surface area (Å²) < 4.78 is 23.7. The van der Waals surface area contributed by atoms with E-state index in [9.17, 15) is 8.42 Å². The molecule has 0 heterocycles. The standard InChI is InChI=1S/C6H9N3O2S/c7-3-1-2-5-9-12(10,11)6-4-8/h9H,1-2,5-6H2. The van der Waals surface area contributed by atoms with Crippen LogP contribution in [0.15, 0.2) is 0 Å². The lowest BCUT2D eigenvalue weighted by Gasteiger charge is -1.99. The van der Waals surface area contributed by atoms with Crippen molar-refractivity contribution in [1.29, 1.82) is 10.5 Å². The van der Waals surface area contributed by atoms with Crippen molar-refractivity contribution < 1.29 is 8.42 Å². The fourth-order valence-electron chi connectivity index (χ4n) is 0.531. The van der Waals surface area contributed by atoms with E-state index in [1.807, 2.05) is 6.07 Å². The van der Waals surface area contributed by atoms with Gasteiger partial charge in [-0.05, 0) is 6.42 Å². The van der Waals surface area contributed by atoms with Crippen molar-refractivity contribution in [3.8, 4) is 12.1 Å². The first-order valence-corrected chi connectivity index (χ1v) is 4.99. The summed E-state index contributed by atoms with van der Waals surface area (Å²) in [4.78, 5) is 0. The molecule has 0 unspecified atom stereocenters. The highest BCUT2D eigenvalue weighted by Crippen LogP contribution is 1.87. The number of nitriles is 2. The second-order valence-electron chi connectivity index (χ2n) is 2.07. The number of sulfonamides is 1. The third-order valence-electron chi connectivity index (χ3n) is 1.04. The number of hydrogen-bond acceptors (Lipinski definition) is 4. The Morgan fingerprint density at radius 1 is 1.25 bits per heavy atom. The summed E-state index contributed by atoms with van der Waals surface area (Å²) in [5, 5.41) is 16.2. The lowest BCUT2D eigenvalue weighted by Crippen LogP contribution is -2.26. The van der Waals surface area contributed by atoms with Gasteiger partial charge in [0, 0.05) is 13.0 Å². The van der Waals surface area contributed by atoms with Crippen molar-refractivity contribution in [2.75, 3.05) is 12.3 Å². The molecule has 12 heavy (non-hydrogen) atoms. The molecule has 0 aromatic heterocycles. The van der Waals surface area contributed by atoms with Crippen molar-refractivity contribution in [1.82, 2.24) is 4.72 Å². The summed E-state index contributed by atoms with van der Waals surface area (Å²) in [6, 6.07) is 3.42. The predicted molar refractivity (Wildman–Crippen MR) is 42.2 cm³/mol. The van der Waals surface area contributed by atoms with Gasteiger partial charge in [0.25, 0.3) is 0 Å². The van der Waals surface area contributed by atoms with Crippen molar-refractivity contribution in [3.63, 3.8) is 0 Å². The molecule has 0 spiro atoms. The number of nitrogens with one attached hydrogen (secondary N) is 1. The average Bonchev–Trinajstić information content (AvgIpc) is 1.98. The predicted octanol–water partition coefficient (Wildman–Crippen LogP) is -0.267. The fourth-order valence-corrected chi connectivity index (χ4v) is 1.26. The van der Waals surface area contributed by atoms with E-state index in [0.29, 0.717) is 12.8 Å². The lowest BCUT2D eigenvalue weighted by molar-refractivity contribution is 0.583. The maximum Gasteiger partial charge on any atom is 0.225 e. The van der Waals surface area contributed by atoms with Crippen LogP contribution in [0, 0.1) is 22.7 Å². The monoisotopic (exact) mass is 187 g/mol. The Bertz CT molecular complexity index is 296. The van der Waals surface area contributed by atoms with Gasteiger partial charge in [0.05, 0.1) is 12.1 Å². The highest BCUT2D eigenvalue weighted by molar-refractivity contribution is 7.89. The van der Waals surface area contributed by atoms with E-state index in [4.69, 9.17) is 10.5 Å². The lowest BCUT2D eigenvalue weighted by atomic mass is 10.3. The minimum Gasteiger partial charge on any atom is -0.214 e. The Hall–Kier alpha value is -1.11. The summed E-state index contributed by atoms with van der Waals surface area (Å²) in [6.07, 6.45) is 0.788. The number of unbranched alkanes of at least 4 members (excludes halogenated alkanes) is 1. The normalized spacial score (nSPS) is 10.2. The second-order valence-corrected chi connectivity index (χ2v) is 3.88. The molecule has 0 aliphatic carbocycles. The van der Waals surface area contributed by atoms with Crippen LogP contribution in [0.25, 0.3) is 0 Å². The van der Waals surface area contributed by atoms with Crippen molar-refractivity contribution in [2.24, 2.45) is 0 Å². The van der Waals surface area contributed by atoms with Gasteiger partial charge < -0.3 is 0 Å². The molecule has 6 heteroatoms. The molecule has 0 bridgehead atoms. The molecule has 0 rings (SSSR count). The summed E-state index contributed by atoms with van der Waals surface area (Å²) in [7, 11) is -3.43. The minimum atomic E-state index is -3.43. The summed E-state index contributed by atoms with van der Waals surface area (Å²) in [5.74, 6) is -0.528. The first-order valence-electron chi connectivity index (χ1n) is 3.33. The molecule has 0 aromatic carbocycles. The van der Waals surface area contributed by atoms with Gasteiger partial charge in [0.1, 0.15) is 0 Å². The van der Waals surface area contributed by atoms with Gasteiger partial charge in [-0.25, -0.2) is 13.1 Å². The number of hydrogen-bond donors (Lipinski definition) is 1. The summed E-state index contributed by atoms with van der Waals surface area (Å²) in [5.41, 5.74) is 0. The zero-order chi connectivity index (χ0) is 9.45. The Morgan fingerprint density at radius 3 is 2.42 bits per heavy atom. The Balaban J connectivity index is 3.66. The molecule has 0 fully saturated rings. The van der Waals surface area contributed by atoms with E-state index in [1.54, 1.807) is 0 Å². The highest BCUT2D eigenvalue weighted by atomic mass is 32.2. The van der Waals surface area contributed by atoms with Gasteiger partial charge in [-0.15, -0.1) is 0 Å². The molecule has 0 aliphatic rings. The van der Waals surface area contributed by atoms with Crippen LogP contribution >= 0.6 is 0 Å². The molecule has 1 N–H and O–H groups in total. The Kier molecular flexibility index (Phi) is 5.02. The van der Waals surface area contributed by atoms with Crippen LogP contribution in [-0.4, -0.2) is 20.7 Å². The molecule has 5 nitrogen and oxygen atoms in total. The number of nitrogens with zero attached hydrogens (tertiary/aromatic N) is 2. The van der Waals surface area contributed by atoms with Gasteiger partial charge in [-0.1, -0.05) is 0 Å². The van der Waals surface area contributed by atoms with E-state index < -0.39 is 15.8 Å². The second kappa shape index (κ2) is 5.53. The van der Waals surface area contributed by atoms with Crippen LogP contribution < -0.4 is 4.72 Å². The molecule has 0 atom stereocenters.